The fourth-order valence-corrected chi connectivity index (χ4v) is 1.88. The Hall–Kier alpha value is -0.610. The van der Waals surface area contributed by atoms with Crippen molar-refractivity contribution in [3.63, 3.8) is 0 Å². The molecule has 1 N–H and O–H groups in total. The second-order valence-corrected chi connectivity index (χ2v) is 4.42. The molecule has 14 heavy (non-hydrogen) atoms. The molecule has 0 spiro atoms. The van der Waals surface area contributed by atoms with E-state index in [0.717, 1.165) is 36.3 Å². The SMILES string of the molecule is Brc1cncc(NCC2CCOC2)c1. The molecule has 4 heteroatoms. The van der Waals surface area contributed by atoms with Crippen LogP contribution in [0, 0.1) is 5.92 Å². The Kier molecular flexibility index (Phi) is 3.37. The Bertz CT molecular complexity index is 300. The largest absolute Gasteiger partial charge is 0.383 e. The Morgan fingerprint density at radius 2 is 2.50 bits per heavy atom. The quantitative estimate of drug-likeness (QED) is 0.902. The molecule has 2 rings (SSSR count). The number of ether oxygens (including phenoxy) is 1. The van der Waals surface area contributed by atoms with E-state index < -0.39 is 0 Å². The molecule has 1 saturated heterocycles. The van der Waals surface area contributed by atoms with E-state index in [4.69, 9.17) is 4.74 Å². The van der Waals surface area contributed by atoms with Gasteiger partial charge >= 0.3 is 0 Å². The summed E-state index contributed by atoms with van der Waals surface area (Å²) >= 11 is 3.39. The van der Waals surface area contributed by atoms with Crippen molar-refractivity contribution in [2.45, 2.75) is 6.42 Å². The lowest BCUT2D eigenvalue weighted by atomic mass is 10.1. The summed E-state index contributed by atoms with van der Waals surface area (Å²) in [7, 11) is 0. The number of nitrogens with zero attached hydrogens (tertiary/aromatic N) is 1. The van der Waals surface area contributed by atoms with E-state index in [-0.39, 0.29) is 0 Å². The molecule has 0 bridgehead atoms. The van der Waals surface area contributed by atoms with Gasteiger partial charge in [0.15, 0.2) is 0 Å². The van der Waals surface area contributed by atoms with Crippen LogP contribution in [-0.4, -0.2) is 24.7 Å². The lowest BCUT2D eigenvalue weighted by molar-refractivity contribution is 0.187. The van der Waals surface area contributed by atoms with Gasteiger partial charge in [0, 0.05) is 29.7 Å². The molecule has 1 aliphatic rings. The van der Waals surface area contributed by atoms with Gasteiger partial charge in [-0.25, -0.2) is 0 Å². The van der Waals surface area contributed by atoms with E-state index in [1.54, 1.807) is 6.20 Å². The fraction of sp³-hybridized carbons (Fsp3) is 0.500. The highest BCUT2D eigenvalue weighted by Crippen LogP contribution is 2.16. The molecule has 1 fully saturated rings. The Morgan fingerprint density at radius 3 is 3.21 bits per heavy atom. The van der Waals surface area contributed by atoms with Crippen LogP contribution in [0.5, 0.6) is 0 Å². The van der Waals surface area contributed by atoms with Gasteiger partial charge in [0.05, 0.1) is 18.5 Å². The van der Waals surface area contributed by atoms with Crippen molar-refractivity contribution in [2.24, 2.45) is 5.92 Å². The Morgan fingerprint density at radius 1 is 1.57 bits per heavy atom. The first-order valence-electron chi connectivity index (χ1n) is 4.77. The summed E-state index contributed by atoms with van der Waals surface area (Å²) in [5.74, 6) is 0.647. The third-order valence-electron chi connectivity index (χ3n) is 2.32. The first kappa shape index (κ1) is 9.93. The van der Waals surface area contributed by atoms with Gasteiger partial charge in [-0.3, -0.25) is 4.98 Å². The number of pyridine rings is 1. The van der Waals surface area contributed by atoms with Crippen LogP contribution in [0.25, 0.3) is 0 Å². The average Bonchev–Trinajstić information content (AvgIpc) is 2.67. The predicted molar refractivity (Wildman–Crippen MR) is 59.4 cm³/mol. The molecule has 0 amide bonds. The summed E-state index contributed by atoms with van der Waals surface area (Å²) in [5, 5.41) is 3.35. The first-order valence-corrected chi connectivity index (χ1v) is 5.56. The fourth-order valence-electron chi connectivity index (χ4n) is 1.52. The smallest absolute Gasteiger partial charge is 0.0538 e. The van der Waals surface area contributed by atoms with Gasteiger partial charge in [-0.15, -0.1) is 0 Å². The second kappa shape index (κ2) is 4.75. The minimum absolute atomic E-state index is 0.647. The van der Waals surface area contributed by atoms with Gasteiger partial charge < -0.3 is 10.1 Å². The van der Waals surface area contributed by atoms with Gasteiger partial charge in [-0.2, -0.15) is 0 Å². The molecule has 0 saturated carbocycles. The van der Waals surface area contributed by atoms with Crippen LogP contribution in [-0.2, 0) is 4.74 Å². The molecule has 3 nitrogen and oxygen atoms in total. The second-order valence-electron chi connectivity index (χ2n) is 3.50. The monoisotopic (exact) mass is 256 g/mol. The highest BCUT2D eigenvalue weighted by atomic mass is 79.9. The average molecular weight is 257 g/mol. The molecule has 1 aromatic rings. The Labute approximate surface area is 92.0 Å². The van der Waals surface area contributed by atoms with E-state index in [0.29, 0.717) is 5.92 Å². The van der Waals surface area contributed by atoms with Gasteiger partial charge in [0.2, 0.25) is 0 Å². The molecule has 0 aromatic carbocycles. The minimum atomic E-state index is 0.647. The van der Waals surface area contributed by atoms with Crippen molar-refractivity contribution >= 4 is 21.6 Å². The zero-order valence-corrected chi connectivity index (χ0v) is 9.46. The number of rotatable bonds is 3. The van der Waals surface area contributed by atoms with Gasteiger partial charge in [-0.05, 0) is 28.4 Å². The molecule has 0 radical (unpaired) electrons. The van der Waals surface area contributed by atoms with E-state index >= 15 is 0 Å². The predicted octanol–water partition coefficient (Wildman–Crippen LogP) is 2.29. The maximum Gasteiger partial charge on any atom is 0.0538 e. The normalized spacial score (nSPS) is 21.1. The number of hydrogen-bond acceptors (Lipinski definition) is 3. The number of hydrogen-bond donors (Lipinski definition) is 1. The van der Waals surface area contributed by atoms with Gasteiger partial charge in [0.25, 0.3) is 0 Å². The summed E-state index contributed by atoms with van der Waals surface area (Å²) in [5.41, 5.74) is 1.06. The Balaban J connectivity index is 1.85. The molecule has 0 aliphatic carbocycles. The molecule has 1 unspecified atom stereocenters. The highest BCUT2D eigenvalue weighted by molar-refractivity contribution is 9.10. The molecular weight excluding hydrogens is 244 g/mol. The number of halogens is 1. The molecule has 1 aliphatic heterocycles. The number of nitrogens with one attached hydrogen (secondary N) is 1. The van der Waals surface area contributed by atoms with Crippen molar-refractivity contribution in [3.05, 3.63) is 22.9 Å². The van der Waals surface area contributed by atoms with Crippen LogP contribution in [0.15, 0.2) is 22.9 Å². The van der Waals surface area contributed by atoms with Crippen LogP contribution in [0.2, 0.25) is 0 Å². The van der Waals surface area contributed by atoms with Crippen LogP contribution in [0.3, 0.4) is 0 Å². The lowest BCUT2D eigenvalue weighted by Crippen LogP contribution is -2.14. The third-order valence-corrected chi connectivity index (χ3v) is 2.76. The topological polar surface area (TPSA) is 34.2 Å². The van der Waals surface area contributed by atoms with Crippen molar-refractivity contribution < 1.29 is 4.74 Å². The van der Waals surface area contributed by atoms with E-state index in [9.17, 15) is 0 Å². The summed E-state index contributed by atoms with van der Waals surface area (Å²) < 4.78 is 6.31. The van der Waals surface area contributed by atoms with E-state index in [1.165, 1.54) is 0 Å². The highest BCUT2D eigenvalue weighted by Gasteiger charge is 2.14. The molecular formula is C10H13BrN2O. The van der Waals surface area contributed by atoms with Crippen LogP contribution in [0.4, 0.5) is 5.69 Å². The van der Waals surface area contributed by atoms with Crippen LogP contribution >= 0.6 is 15.9 Å². The number of anilines is 1. The van der Waals surface area contributed by atoms with Crippen molar-refractivity contribution in [1.82, 2.24) is 4.98 Å². The van der Waals surface area contributed by atoms with E-state index in [1.807, 2.05) is 12.3 Å². The first-order chi connectivity index (χ1) is 6.84. The van der Waals surface area contributed by atoms with Crippen molar-refractivity contribution in [1.29, 1.82) is 0 Å². The zero-order chi connectivity index (χ0) is 9.80. The third kappa shape index (κ3) is 2.69. The summed E-state index contributed by atoms with van der Waals surface area (Å²) in [6.07, 6.45) is 4.78. The summed E-state index contributed by atoms with van der Waals surface area (Å²) in [4.78, 5) is 4.09. The molecule has 1 atom stereocenters. The van der Waals surface area contributed by atoms with Crippen LogP contribution in [0.1, 0.15) is 6.42 Å². The lowest BCUT2D eigenvalue weighted by Gasteiger charge is -2.10. The standard InChI is InChI=1S/C10H13BrN2O/c11-9-3-10(6-12-5-9)13-4-8-1-2-14-7-8/h3,5-6,8,13H,1-2,4,7H2. The van der Waals surface area contributed by atoms with Crippen molar-refractivity contribution in [3.8, 4) is 0 Å². The van der Waals surface area contributed by atoms with Gasteiger partial charge in [0.1, 0.15) is 0 Å². The summed E-state index contributed by atoms with van der Waals surface area (Å²) in [6, 6.07) is 2.03. The molecule has 2 heterocycles. The van der Waals surface area contributed by atoms with Crippen molar-refractivity contribution in [2.75, 3.05) is 25.1 Å². The maximum atomic E-state index is 5.30. The maximum absolute atomic E-state index is 5.30. The summed E-state index contributed by atoms with van der Waals surface area (Å²) in [6.45, 7) is 2.76. The van der Waals surface area contributed by atoms with Crippen LogP contribution < -0.4 is 5.32 Å². The van der Waals surface area contributed by atoms with E-state index in [2.05, 4.69) is 26.2 Å². The number of aromatic nitrogens is 1. The molecule has 1 aromatic heterocycles. The molecule has 76 valence electrons. The zero-order valence-electron chi connectivity index (χ0n) is 7.87. The minimum Gasteiger partial charge on any atom is -0.383 e. The van der Waals surface area contributed by atoms with Gasteiger partial charge in [-0.1, -0.05) is 0 Å².